The number of carbonyl (C=O) groups is 1. The van der Waals surface area contributed by atoms with Crippen LogP contribution in [0, 0.1) is 0 Å². The second-order valence-electron chi connectivity index (χ2n) is 2.80. The maximum absolute atomic E-state index is 10.6. The van der Waals surface area contributed by atoms with Crippen LogP contribution in [-0.2, 0) is 9.53 Å². The summed E-state index contributed by atoms with van der Waals surface area (Å²) in [4.78, 5) is 10.6. The van der Waals surface area contributed by atoms with Gasteiger partial charge in [0.2, 0.25) is 0 Å². The lowest BCUT2D eigenvalue weighted by Gasteiger charge is -2.11. The predicted octanol–water partition coefficient (Wildman–Crippen LogP) is 0.866. The van der Waals surface area contributed by atoms with Crippen LogP contribution in [0.4, 0.5) is 0 Å². The topological polar surface area (TPSA) is 58.6 Å². The maximum atomic E-state index is 10.6. The Labute approximate surface area is 79.3 Å². The van der Waals surface area contributed by atoms with Crippen LogP contribution >= 0.6 is 0 Å². The van der Waals surface area contributed by atoms with E-state index in [1.165, 1.54) is 0 Å². The van der Waals surface area contributed by atoms with Crippen LogP contribution in [0.25, 0.3) is 0 Å². The van der Waals surface area contributed by atoms with E-state index in [2.05, 4.69) is 5.32 Å². The summed E-state index contributed by atoms with van der Waals surface area (Å²) < 4.78 is 5.12. The molecule has 0 aliphatic heterocycles. The van der Waals surface area contributed by atoms with Gasteiger partial charge in [0, 0.05) is 13.2 Å². The minimum absolute atomic E-state index is 0.415. The van der Waals surface area contributed by atoms with Crippen LogP contribution in [0.2, 0.25) is 0 Å². The highest BCUT2D eigenvalue weighted by atomic mass is 16.5. The molecule has 4 nitrogen and oxygen atoms in total. The van der Waals surface area contributed by atoms with Crippen molar-refractivity contribution in [2.75, 3.05) is 19.8 Å². The third kappa shape index (κ3) is 6.54. The normalized spacial score (nSPS) is 12.8. The van der Waals surface area contributed by atoms with Gasteiger partial charge in [0.15, 0.2) is 0 Å². The van der Waals surface area contributed by atoms with Crippen LogP contribution in [0.1, 0.15) is 26.7 Å². The summed E-state index contributed by atoms with van der Waals surface area (Å²) in [6.45, 7) is 5.91. The van der Waals surface area contributed by atoms with Crippen LogP contribution in [0.5, 0.6) is 0 Å². The average molecular weight is 189 g/mol. The first-order valence-corrected chi connectivity index (χ1v) is 4.76. The Hall–Kier alpha value is -0.610. The summed E-state index contributed by atoms with van der Waals surface area (Å²) in [5.41, 5.74) is 0. The van der Waals surface area contributed by atoms with Gasteiger partial charge in [-0.3, -0.25) is 4.79 Å². The molecule has 0 heterocycles. The van der Waals surface area contributed by atoms with Gasteiger partial charge in [0.05, 0.1) is 0 Å². The van der Waals surface area contributed by atoms with Crippen molar-refractivity contribution in [3.63, 3.8) is 0 Å². The van der Waals surface area contributed by atoms with Gasteiger partial charge in [-0.1, -0.05) is 6.92 Å². The molecule has 0 rings (SSSR count). The molecule has 0 aromatic carbocycles. The molecule has 1 atom stereocenters. The summed E-state index contributed by atoms with van der Waals surface area (Å²) in [5.74, 6) is -0.779. The zero-order valence-corrected chi connectivity index (χ0v) is 8.38. The molecule has 0 aromatic heterocycles. The maximum Gasteiger partial charge on any atom is 0.320 e. The first-order chi connectivity index (χ1) is 6.22. The van der Waals surface area contributed by atoms with Crippen molar-refractivity contribution in [3.05, 3.63) is 0 Å². The van der Waals surface area contributed by atoms with Crippen molar-refractivity contribution in [1.29, 1.82) is 0 Å². The van der Waals surface area contributed by atoms with Crippen LogP contribution < -0.4 is 5.32 Å². The van der Waals surface area contributed by atoms with E-state index >= 15 is 0 Å². The van der Waals surface area contributed by atoms with Crippen molar-refractivity contribution >= 4 is 5.97 Å². The predicted molar refractivity (Wildman–Crippen MR) is 50.8 cm³/mol. The molecule has 4 heteroatoms. The highest BCUT2D eigenvalue weighted by Gasteiger charge is 2.12. The number of ether oxygens (including phenoxy) is 1. The van der Waals surface area contributed by atoms with Crippen molar-refractivity contribution in [1.82, 2.24) is 5.32 Å². The van der Waals surface area contributed by atoms with Gasteiger partial charge in [0.25, 0.3) is 0 Å². The number of hydrogen-bond donors (Lipinski definition) is 2. The van der Waals surface area contributed by atoms with E-state index in [9.17, 15) is 4.79 Å². The van der Waals surface area contributed by atoms with E-state index in [1.54, 1.807) is 0 Å². The molecule has 0 saturated heterocycles. The minimum Gasteiger partial charge on any atom is -0.480 e. The fourth-order valence-electron chi connectivity index (χ4n) is 1.00. The Morgan fingerprint density at radius 2 is 2.23 bits per heavy atom. The molecule has 2 N–H and O–H groups in total. The number of aliphatic carboxylic acids is 1. The highest BCUT2D eigenvalue weighted by Crippen LogP contribution is 1.91. The summed E-state index contributed by atoms with van der Waals surface area (Å²) in [6.07, 6.45) is 1.47. The lowest BCUT2D eigenvalue weighted by Crippen LogP contribution is -2.36. The summed E-state index contributed by atoms with van der Waals surface area (Å²) in [6, 6.07) is -0.415. The molecule has 0 spiro atoms. The quantitative estimate of drug-likeness (QED) is 0.556. The summed E-state index contributed by atoms with van der Waals surface area (Å²) >= 11 is 0. The fraction of sp³-hybridized carbons (Fsp3) is 0.889. The first-order valence-electron chi connectivity index (χ1n) is 4.76. The van der Waals surface area contributed by atoms with Gasteiger partial charge >= 0.3 is 5.97 Å². The molecular weight excluding hydrogens is 170 g/mol. The van der Waals surface area contributed by atoms with Crippen molar-refractivity contribution in [2.45, 2.75) is 32.7 Å². The third-order valence-corrected chi connectivity index (χ3v) is 1.77. The molecule has 0 fully saturated rings. The van der Waals surface area contributed by atoms with Gasteiger partial charge in [0.1, 0.15) is 6.04 Å². The van der Waals surface area contributed by atoms with E-state index in [-0.39, 0.29) is 0 Å². The second-order valence-corrected chi connectivity index (χ2v) is 2.80. The van der Waals surface area contributed by atoms with E-state index in [4.69, 9.17) is 9.84 Å². The number of nitrogens with one attached hydrogen (secondary N) is 1. The highest BCUT2D eigenvalue weighted by molar-refractivity contribution is 5.73. The Morgan fingerprint density at radius 1 is 1.54 bits per heavy atom. The number of carboxylic acid groups (broad SMARTS) is 1. The van der Waals surface area contributed by atoms with E-state index < -0.39 is 12.0 Å². The van der Waals surface area contributed by atoms with Gasteiger partial charge in [-0.2, -0.15) is 0 Å². The molecule has 0 aliphatic carbocycles. The summed E-state index contributed by atoms with van der Waals surface area (Å²) in [5, 5.41) is 11.6. The fourth-order valence-corrected chi connectivity index (χ4v) is 1.00. The SMILES string of the molecule is CCOCCCNC(CC)C(=O)O. The molecular formula is C9H19NO3. The van der Waals surface area contributed by atoms with Gasteiger partial charge in [-0.25, -0.2) is 0 Å². The van der Waals surface area contributed by atoms with Crippen molar-refractivity contribution in [2.24, 2.45) is 0 Å². The van der Waals surface area contributed by atoms with Crippen molar-refractivity contribution in [3.8, 4) is 0 Å². The number of carboxylic acids is 1. The Kier molecular flexibility index (Phi) is 7.63. The van der Waals surface area contributed by atoms with Crippen molar-refractivity contribution < 1.29 is 14.6 Å². The molecule has 0 saturated carbocycles. The van der Waals surface area contributed by atoms with E-state index in [0.717, 1.165) is 13.0 Å². The number of hydrogen-bond acceptors (Lipinski definition) is 3. The Balaban J connectivity index is 3.33. The molecule has 78 valence electrons. The number of rotatable bonds is 8. The van der Waals surface area contributed by atoms with Gasteiger partial charge in [-0.15, -0.1) is 0 Å². The molecule has 0 radical (unpaired) electrons. The average Bonchev–Trinajstić information content (AvgIpc) is 2.10. The molecule has 0 amide bonds. The van der Waals surface area contributed by atoms with Gasteiger partial charge < -0.3 is 15.2 Å². The largest absolute Gasteiger partial charge is 0.480 e. The van der Waals surface area contributed by atoms with Crippen LogP contribution in [-0.4, -0.2) is 36.9 Å². The molecule has 0 aromatic rings. The Morgan fingerprint density at radius 3 is 2.69 bits per heavy atom. The van der Waals surface area contributed by atoms with E-state index in [0.29, 0.717) is 19.6 Å². The third-order valence-electron chi connectivity index (χ3n) is 1.77. The van der Waals surface area contributed by atoms with Crippen LogP contribution in [0.15, 0.2) is 0 Å². The van der Waals surface area contributed by atoms with E-state index in [1.807, 2.05) is 13.8 Å². The Bertz CT molecular complexity index is 139. The lowest BCUT2D eigenvalue weighted by molar-refractivity contribution is -0.139. The minimum atomic E-state index is -0.779. The smallest absolute Gasteiger partial charge is 0.320 e. The standard InChI is InChI=1S/C9H19NO3/c1-3-8(9(11)12)10-6-5-7-13-4-2/h8,10H,3-7H2,1-2H3,(H,11,12). The molecule has 13 heavy (non-hydrogen) atoms. The zero-order valence-electron chi connectivity index (χ0n) is 8.38. The lowest BCUT2D eigenvalue weighted by atomic mass is 10.2. The monoisotopic (exact) mass is 189 g/mol. The summed E-state index contributed by atoms with van der Waals surface area (Å²) in [7, 11) is 0. The molecule has 0 aliphatic rings. The molecule has 0 bridgehead atoms. The second kappa shape index (κ2) is 8.01. The van der Waals surface area contributed by atoms with Gasteiger partial charge in [-0.05, 0) is 26.3 Å². The zero-order chi connectivity index (χ0) is 10.1. The van der Waals surface area contributed by atoms with Crippen LogP contribution in [0.3, 0.4) is 0 Å². The molecule has 1 unspecified atom stereocenters. The first kappa shape index (κ1) is 12.4.